The standard InChI is InChI=1S/C18H34O5/c1-8-18(6,7)21-17(19)20-15(10-13(4)9-12(2)3)11-14(5)16-22-23-16/h12-16H,8-11H2,1-7H3. The van der Waals surface area contributed by atoms with E-state index in [2.05, 4.69) is 20.8 Å². The van der Waals surface area contributed by atoms with E-state index in [0.717, 1.165) is 25.7 Å². The Bertz CT molecular complexity index is 362. The van der Waals surface area contributed by atoms with Gasteiger partial charge in [0, 0.05) is 5.92 Å². The second kappa shape index (κ2) is 8.88. The summed E-state index contributed by atoms with van der Waals surface area (Å²) < 4.78 is 11.0. The van der Waals surface area contributed by atoms with Crippen LogP contribution in [-0.2, 0) is 19.2 Å². The van der Waals surface area contributed by atoms with Crippen LogP contribution in [0.5, 0.6) is 0 Å². The Morgan fingerprint density at radius 1 is 1.09 bits per heavy atom. The minimum Gasteiger partial charge on any atom is -0.431 e. The lowest BCUT2D eigenvalue weighted by Crippen LogP contribution is -2.31. The molecule has 23 heavy (non-hydrogen) atoms. The minimum absolute atomic E-state index is 0.162. The molecule has 1 heterocycles. The van der Waals surface area contributed by atoms with E-state index in [4.69, 9.17) is 19.2 Å². The van der Waals surface area contributed by atoms with E-state index >= 15 is 0 Å². The van der Waals surface area contributed by atoms with Crippen LogP contribution in [0, 0.1) is 17.8 Å². The fraction of sp³-hybridized carbons (Fsp3) is 0.944. The summed E-state index contributed by atoms with van der Waals surface area (Å²) in [5.41, 5.74) is -0.500. The van der Waals surface area contributed by atoms with Crippen molar-refractivity contribution in [3.05, 3.63) is 0 Å². The topological polar surface area (TPSA) is 60.6 Å². The summed E-state index contributed by atoms with van der Waals surface area (Å²) in [5, 5.41) is 0. The van der Waals surface area contributed by atoms with Crippen LogP contribution >= 0.6 is 0 Å². The van der Waals surface area contributed by atoms with Gasteiger partial charge in [0.1, 0.15) is 11.7 Å². The fourth-order valence-electron chi connectivity index (χ4n) is 2.75. The number of ether oxygens (including phenoxy) is 2. The molecule has 3 unspecified atom stereocenters. The summed E-state index contributed by atoms with van der Waals surface area (Å²) in [6.07, 6.45) is 2.49. The van der Waals surface area contributed by atoms with Crippen molar-refractivity contribution in [2.24, 2.45) is 17.8 Å². The number of rotatable bonds is 10. The molecule has 1 rings (SSSR count). The van der Waals surface area contributed by atoms with Crippen LogP contribution in [0.3, 0.4) is 0 Å². The summed E-state index contributed by atoms with van der Waals surface area (Å²) in [7, 11) is 0. The maximum absolute atomic E-state index is 12.1. The van der Waals surface area contributed by atoms with Gasteiger partial charge >= 0.3 is 6.16 Å². The molecule has 0 aromatic rings. The van der Waals surface area contributed by atoms with Crippen LogP contribution in [0.15, 0.2) is 0 Å². The van der Waals surface area contributed by atoms with Crippen molar-refractivity contribution in [1.29, 1.82) is 0 Å². The Hall–Kier alpha value is -0.810. The van der Waals surface area contributed by atoms with E-state index in [0.29, 0.717) is 11.8 Å². The highest BCUT2D eigenvalue weighted by Crippen LogP contribution is 2.30. The van der Waals surface area contributed by atoms with Gasteiger partial charge in [-0.05, 0) is 51.4 Å². The second-order valence-corrected chi connectivity index (χ2v) is 7.95. The van der Waals surface area contributed by atoms with Crippen LogP contribution in [-0.4, -0.2) is 24.2 Å². The monoisotopic (exact) mass is 330 g/mol. The Morgan fingerprint density at radius 2 is 1.70 bits per heavy atom. The lowest BCUT2D eigenvalue weighted by Gasteiger charge is -2.27. The van der Waals surface area contributed by atoms with Gasteiger partial charge in [0.15, 0.2) is 0 Å². The first-order valence-corrected chi connectivity index (χ1v) is 8.84. The highest BCUT2D eigenvalue weighted by molar-refractivity contribution is 5.60. The third-order valence-corrected chi connectivity index (χ3v) is 4.32. The zero-order valence-corrected chi connectivity index (χ0v) is 15.8. The number of hydrogen-bond donors (Lipinski definition) is 0. The van der Waals surface area contributed by atoms with Crippen molar-refractivity contribution < 1.29 is 24.0 Å². The number of carbonyl (C=O) groups is 1. The third-order valence-electron chi connectivity index (χ3n) is 4.32. The van der Waals surface area contributed by atoms with E-state index in [1.165, 1.54) is 0 Å². The largest absolute Gasteiger partial charge is 0.509 e. The first-order chi connectivity index (χ1) is 10.6. The summed E-state index contributed by atoms with van der Waals surface area (Å²) in [6.45, 7) is 14.4. The van der Waals surface area contributed by atoms with Crippen molar-refractivity contribution in [2.45, 2.75) is 92.1 Å². The number of carbonyl (C=O) groups excluding carboxylic acids is 1. The molecule has 0 bridgehead atoms. The zero-order chi connectivity index (χ0) is 17.6. The molecule has 0 N–H and O–H groups in total. The van der Waals surface area contributed by atoms with Gasteiger partial charge in [-0.2, -0.15) is 9.78 Å². The Kier molecular flexibility index (Phi) is 7.81. The van der Waals surface area contributed by atoms with Gasteiger partial charge in [-0.3, -0.25) is 0 Å². The molecule has 0 aromatic heterocycles. The quantitative estimate of drug-likeness (QED) is 0.317. The molecule has 0 radical (unpaired) electrons. The van der Waals surface area contributed by atoms with Crippen molar-refractivity contribution in [2.75, 3.05) is 0 Å². The van der Waals surface area contributed by atoms with Crippen molar-refractivity contribution in [3.8, 4) is 0 Å². The number of hydrogen-bond acceptors (Lipinski definition) is 5. The SMILES string of the molecule is CCC(C)(C)OC(=O)OC(CC(C)CC(C)C)CC(C)C1OO1. The highest BCUT2D eigenvalue weighted by Gasteiger charge is 2.36. The van der Waals surface area contributed by atoms with Gasteiger partial charge in [-0.1, -0.05) is 34.6 Å². The van der Waals surface area contributed by atoms with Gasteiger partial charge in [0.05, 0.1) is 0 Å². The van der Waals surface area contributed by atoms with Gasteiger partial charge < -0.3 is 9.47 Å². The molecule has 136 valence electrons. The average molecular weight is 330 g/mol. The van der Waals surface area contributed by atoms with E-state index in [1.54, 1.807) is 0 Å². The highest BCUT2D eigenvalue weighted by atomic mass is 17.4. The van der Waals surface area contributed by atoms with E-state index < -0.39 is 11.8 Å². The predicted molar refractivity (Wildman–Crippen MR) is 88.7 cm³/mol. The summed E-state index contributed by atoms with van der Waals surface area (Å²) >= 11 is 0. The van der Waals surface area contributed by atoms with Crippen LogP contribution in [0.25, 0.3) is 0 Å². The van der Waals surface area contributed by atoms with Crippen molar-refractivity contribution in [3.63, 3.8) is 0 Å². The van der Waals surface area contributed by atoms with Crippen LogP contribution in [0.4, 0.5) is 4.79 Å². The molecule has 1 aliphatic rings. The summed E-state index contributed by atoms with van der Waals surface area (Å²) in [6, 6.07) is 0. The Balaban J connectivity index is 2.56. The summed E-state index contributed by atoms with van der Waals surface area (Å²) in [4.78, 5) is 21.8. The Morgan fingerprint density at radius 3 is 2.17 bits per heavy atom. The molecule has 0 aliphatic carbocycles. The predicted octanol–water partition coefficient (Wildman–Crippen LogP) is 5.08. The second-order valence-electron chi connectivity index (χ2n) is 7.95. The van der Waals surface area contributed by atoms with Crippen LogP contribution in [0.1, 0.15) is 74.1 Å². The molecule has 3 atom stereocenters. The fourth-order valence-corrected chi connectivity index (χ4v) is 2.75. The lowest BCUT2D eigenvalue weighted by molar-refractivity contribution is -0.0442. The van der Waals surface area contributed by atoms with Crippen LogP contribution in [0.2, 0.25) is 0 Å². The third kappa shape index (κ3) is 8.56. The van der Waals surface area contributed by atoms with Gasteiger partial charge in [-0.15, -0.1) is 0 Å². The van der Waals surface area contributed by atoms with Crippen molar-refractivity contribution >= 4 is 6.16 Å². The van der Waals surface area contributed by atoms with Crippen LogP contribution < -0.4 is 0 Å². The Labute approximate surface area is 140 Å². The van der Waals surface area contributed by atoms with E-state index in [1.807, 2.05) is 27.7 Å². The average Bonchev–Trinajstić information content (AvgIpc) is 3.20. The van der Waals surface area contributed by atoms with Gasteiger partial charge in [0.2, 0.25) is 6.29 Å². The molecule has 0 saturated carbocycles. The molecule has 5 heteroatoms. The molecule has 0 aromatic carbocycles. The van der Waals surface area contributed by atoms with E-state index in [9.17, 15) is 4.79 Å². The van der Waals surface area contributed by atoms with Gasteiger partial charge in [0.25, 0.3) is 0 Å². The lowest BCUT2D eigenvalue weighted by atomic mass is 9.90. The molecule has 5 nitrogen and oxygen atoms in total. The maximum Gasteiger partial charge on any atom is 0.509 e. The normalized spacial score (nSPS) is 19.3. The molecule has 0 spiro atoms. The zero-order valence-electron chi connectivity index (χ0n) is 15.8. The van der Waals surface area contributed by atoms with E-state index in [-0.39, 0.29) is 18.3 Å². The summed E-state index contributed by atoms with van der Waals surface area (Å²) in [5.74, 6) is 1.31. The molecule has 1 fully saturated rings. The molecule has 0 amide bonds. The first-order valence-electron chi connectivity index (χ1n) is 8.84. The first kappa shape index (κ1) is 20.2. The molecule has 1 aliphatic heterocycles. The van der Waals surface area contributed by atoms with Crippen molar-refractivity contribution in [1.82, 2.24) is 0 Å². The minimum atomic E-state index is -0.580. The molecular formula is C18H34O5. The van der Waals surface area contributed by atoms with Gasteiger partial charge in [-0.25, -0.2) is 4.79 Å². The smallest absolute Gasteiger partial charge is 0.431 e. The molecule has 1 saturated heterocycles. The molecular weight excluding hydrogens is 296 g/mol. The maximum atomic E-state index is 12.1.